The van der Waals surface area contributed by atoms with E-state index in [1.165, 1.54) is 6.08 Å². The highest BCUT2D eigenvalue weighted by atomic mass is 16.5. The van der Waals surface area contributed by atoms with Crippen molar-refractivity contribution in [3.05, 3.63) is 70.8 Å². The number of rotatable bonds is 5. The van der Waals surface area contributed by atoms with Crippen LogP contribution in [0.4, 0.5) is 5.69 Å². The molecule has 0 aromatic heterocycles. The van der Waals surface area contributed by atoms with Crippen molar-refractivity contribution in [3.8, 4) is 0 Å². The van der Waals surface area contributed by atoms with Gasteiger partial charge in [-0.3, -0.25) is 4.79 Å². The van der Waals surface area contributed by atoms with E-state index >= 15 is 0 Å². The van der Waals surface area contributed by atoms with Gasteiger partial charge in [0.05, 0.1) is 0 Å². The molecular formula is C20H21NO3. The Morgan fingerprint density at radius 1 is 1.00 bits per heavy atom. The maximum atomic E-state index is 11.9. The first-order valence-electron chi connectivity index (χ1n) is 7.73. The number of anilines is 1. The van der Waals surface area contributed by atoms with Gasteiger partial charge in [-0.2, -0.15) is 0 Å². The van der Waals surface area contributed by atoms with E-state index in [1.807, 2.05) is 63.2 Å². The predicted molar refractivity (Wildman–Crippen MR) is 95.7 cm³/mol. The lowest BCUT2D eigenvalue weighted by Gasteiger charge is -2.11. The van der Waals surface area contributed by atoms with Crippen molar-refractivity contribution in [2.75, 3.05) is 11.9 Å². The predicted octanol–water partition coefficient (Wildman–Crippen LogP) is 3.81. The third-order valence-electron chi connectivity index (χ3n) is 3.58. The van der Waals surface area contributed by atoms with Gasteiger partial charge in [-0.15, -0.1) is 0 Å². The van der Waals surface area contributed by atoms with Crippen LogP contribution in [-0.4, -0.2) is 18.5 Å². The van der Waals surface area contributed by atoms with Crippen molar-refractivity contribution in [3.63, 3.8) is 0 Å². The second-order valence-corrected chi connectivity index (χ2v) is 5.67. The summed E-state index contributed by atoms with van der Waals surface area (Å²) in [5.74, 6) is -0.906. The number of carbonyl (C=O) groups excluding carboxylic acids is 2. The Kier molecular flexibility index (Phi) is 5.90. The summed E-state index contributed by atoms with van der Waals surface area (Å²) in [4.78, 5) is 23.6. The molecule has 0 saturated heterocycles. The van der Waals surface area contributed by atoms with Crippen LogP contribution < -0.4 is 5.32 Å². The van der Waals surface area contributed by atoms with Crippen molar-refractivity contribution in [2.24, 2.45) is 0 Å². The van der Waals surface area contributed by atoms with Crippen molar-refractivity contribution in [1.82, 2.24) is 0 Å². The van der Waals surface area contributed by atoms with Gasteiger partial charge in [-0.05, 0) is 43.5 Å². The molecule has 1 N–H and O–H groups in total. The summed E-state index contributed by atoms with van der Waals surface area (Å²) in [6, 6.07) is 13.5. The Bertz CT molecular complexity index is 741. The zero-order chi connectivity index (χ0) is 17.5. The fraction of sp³-hybridized carbons (Fsp3) is 0.200. The van der Waals surface area contributed by atoms with Crippen molar-refractivity contribution in [1.29, 1.82) is 0 Å². The molecule has 0 unspecified atom stereocenters. The summed E-state index contributed by atoms with van der Waals surface area (Å²) in [7, 11) is 0. The summed E-state index contributed by atoms with van der Waals surface area (Å²) in [6.07, 6.45) is 2.97. The van der Waals surface area contributed by atoms with E-state index in [1.54, 1.807) is 6.08 Å². The van der Waals surface area contributed by atoms with Gasteiger partial charge in [0.15, 0.2) is 6.61 Å². The Morgan fingerprint density at radius 2 is 1.62 bits per heavy atom. The van der Waals surface area contributed by atoms with Crippen LogP contribution in [0.25, 0.3) is 6.08 Å². The molecule has 0 fully saturated rings. The molecule has 1 amide bonds. The second-order valence-electron chi connectivity index (χ2n) is 5.67. The van der Waals surface area contributed by atoms with Crippen LogP contribution in [0.2, 0.25) is 0 Å². The van der Waals surface area contributed by atoms with E-state index in [0.29, 0.717) is 0 Å². The number of esters is 1. The number of carbonyl (C=O) groups is 2. The lowest BCUT2D eigenvalue weighted by Crippen LogP contribution is -2.21. The lowest BCUT2D eigenvalue weighted by atomic mass is 10.1. The molecule has 2 rings (SSSR count). The molecule has 4 heteroatoms. The first kappa shape index (κ1) is 17.5. The molecule has 0 heterocycles. The lowest BCUT2D eigenvalue weighted by molar-refractivity contribution is -0.142. The first-order valence-corrected chi connectivity index (χ1v) is 7.73. The highest BCUT2D eigenvalue weighted by molar-refractivity contribution is 5.95. The molecule has 4 nitrogen and oxygen atoms in total. The number of hydrogen-bond donors (Lipinski definition) is 1. The van der Waals surface area contributed by atoms with Gasteiger partial charge in [0.1, 0.15) is 0 Å². The van der Waals surface area contributed by atoms with Gasteiger partial charge in [-0.25, -0.2) is 4.79 Å². The normalized spacial score (nSPS) is 10.6. The third kappa shape index (κ3) is 5.09. The van der Waals surface area contributed by atoms with Crippen molar-refractivity contribution < 1.29 is 14.3 Å². The first-order chi connectivity index (χ1) is 11.5. The fourth-order valence-corrected chi connectivity index (χ4v) is 2.21. The van der Waals surface area contributed by atoms with Crippen LogP contribution in [0.3, 0.4) is 0 Å². The molecule has 0 spiro atoms. The van der Waals surface area contributed by atoms with Crippen LogP contribution in [0.1, 0.15) is 22.3 Å². The van der Waals surface area contributed by atoms with E-state index in [0.717, 1.165) is 27.9 Å². The van der Waals surface area contributed by atoms with E-state index in [4.69, 9.17) is 4.74 Å². The summed E-state index contributed by atoms with van der Waals surface area (Å²) in [5, 5.41) is 2.77. The van der Waals surface area contributed by atoms with Gasteiger partial charge < -0.3 is 10.1 Å². The summed E-state index contributed by atoms with van der Waals surface area (Å²) in [6.45, 7) is 5.51. The molecule has 0 atom stereocenters. The smallest absolute Gasteiger partial charge is 0.331 e. The molecule has 24 heavy (non-hydrogen) atoms. The van der Waals surface area contributed by atoms with Crippen LogP contribution in [-0.2, 0) is 14.3 Å². The molecule has 0 aliphatic heterocycles. The second kappa shape index (κ2) is 8.11. The van der Waals surface area contributed by atoms with E-state index in [2.05, 4.69) is 5.32 Å². The molecule has 0 aliphatic carbocycles. The number of para-hydroxylation sites is 1. The minimum Gasteiger partial charge on any atom is -0.452 e. The summed E-state index contributed by atoms with van der Waals surface area (Å²) < 4.78 is 4.96. The van der Waals surface area contributed by atoms with Crippen molar-refractivity contribution >= 4 is 23.6 Å². The number of benzene rings is 2. The molecule has 0 aliphatic rings. The van der Waals surface area contributed by atoms with E-state index in [9.17, 15) is 9.59 Å². The Balaban J connectivity index is 1.85. The van der Waals surface area contributed by atoms with Gasteiger partial charge >= 0.3 is 5.97 Å². The maximum Gasteiger partial charge on any atom is 0.331 e. The number of nitrogens with one attached hydrogen (secondary N) is 1. The molecule has 0 bridgehead atoms. The summed E-state index contributed by atoms with van der Waals surface area (Å²) in [5.41, 5.74) is 4.74. The molecule has 2 aromatic carbocycles. The standard InChI is InChI=1S/C20H21NO3/c1-14-7-9-17(10-8-14)11-12-19(23)24-13-18(22)21-20-15(2)5-4-6-16(20)3/h4-12H,13H2,1-3H3,(H,21,22). The minimum atomic E-state index is -0.549. The number of ether oxygens (including phenoxy) is 1. The van der Waals surface area contributed by atoms with Crippen molar-refractivity contribution in [2.45, 2.75) is 20.8 Å². The van der Waals surface area contributed by atoms with Crippen LogP contribution in [0.5, 0.6) is 0 Å². The Hall–Kier alpha value is -2.88. The Morgan fingerprint density at radius 3 is 2.25 bits per heavy atom. The monoisotopic (exact) mass is 323 g/mol. The SMILES string of the molecule is Cc1ccc(C=CC(=O)OCC(=O)Nc2c(C)cccc2C)cc1. The van der Waals surface area contributed by atoms with Gasteiger partial charge in [0.25, 0.3) is 5.91 Å². The summed E-state index contributed by atoms with van der Waals surface area (Å²) >= 11 is 0. The fourth-order valence-electron chi connectivity index (χ4n) is 2.21. The molecule has 124 valence electrons. The topological polar surface area (TPSA) is 55.4 Å². The highest BCUT2D eigenvalue weighted by Gasteiger charge is 2.09. The maximum absolute atomic E-state index is 11.9. The minimum absolute atomic E-state index is 0.315. The van der Waals surface area contributed by atoms with Crippen LogP contribution in [0, 0.1) is 20.8 Å². The number of aryl methyl sites for hydroxylation is 3. The van der Waals surface area contributed by atoms with Crippen LogP contribution >= 0.6 is 0 Å². The largest absolute Gasteiger partial charge is 0.452 e. The van der Waals surface area contributed by atoms with E-state index in [-0.39, 0.29) is 12.5 Å². The molecule has 0 saturated carbocycles. The Labute approximate surface area is 142 Å². The average Bonchev–Trinajstić information content (AvgIpc) is 2.56. The quantitative estimate of drug-likeness (QED) is 0.672. The molecule has 2 aromatic rings. The number of hydrogen-bond acceptors (Lipinski definition) is 3. The third-order valence-corrected chi connectivity index (χ3v) is 3.58. The van der Waals surface area contributed by atoms with Gasteiger partial charge in [-0.1, -0.05) is 48.0 Å². The number of amides is 1. The van der Waals surface area contributed by atoms with Crippen LogP contribution in [0.15, 0.2) is 48.5 Å². The zero-order valence-corrected chi connectivity index (χ0v) is 14.1. The molecular weight excluding hydrogens is 302 g/mol. The zero-order valence-electron chi connectivity index (χ0n) is 14.1. The average molecular weight is 323 g/mol. The van der Waals surface area contributed by atoms with E-state index < -0.39 is 5.97 Å². The highest BCUT2D eigenvalue weighted by Crippen LogP contribution is 2.19. The molecule has 0 radical (unpaired) electrons. The van der Waals surface area contributed by atoms with Gasteiger partial charge in [0.2, 0.25) is 0 Å². The van der Waals surface area contributed by atoms with Gasteiger partial charge in [0, 0.05) is 11.8 Å².